The van der Waals surface area contributed by atoms with Crippen LogP contribution in [0, 0.1) is 11.3 Å². The first kappa shape index (κ1) is 15.3. The van der Waals surface area contributed by atoms with Crippen molar-refractivity contribution >= 4 is 10.9 Å². The monoisotopic (exact) mass is 282 g/mol. The molecule has 110 valence electrons. The van der Waals surface area contributed by atoms with Crippen LogP contribution in [-0.2, 0) is 0 Å². The highest BCUT2D eigenvalue weighted by Gasteiger charge is 2.13. The van der Waals surface area contributed by atoms with Gasteiger partial charge in [0.15, 0.2) is 0 Å². The van der Waals surface area contributed by atoms with E-state index < -0.39 is 0 Å². The van der Waals surface area contributed by atoms with Gasteiger partial charge in [-0.2, -0.15) is 5.26 Å². The zero-order valence-electron chi connectivity index (χ0n) is 12.8. The smallest absolute Gasteiger partial charge is 0.148 e. The molecule has 1 aromatic carbocycles. The van der Waals surface area contributed by atoms with Gasteiger partial charge in [0.25, 0.3) is 0 Å². The Kier molecular flexibility index (Phi) is 5.57. The topological polar surface area (TPSA) is 45.9 Å². The number of para-hydroxylation sites is 1. The van der Waals surface area contributed by atoms with E-state index in [0.29, 0.717) is 11.3 Å². The summed E-state index contributed by atoms with van der Waals surface area (Å²) in [6, 6.07) is 9.97. The Labute approximate surface area is 126 Å². The second-order valence-electron chi connectivity index (χ2n) is 5.41. The van der Waals surface area contributed by atoms with Gasteiger partial charge in [0.05, 0.1) is 11.6 Å². The van der Waals surface area contributed by atoms with Crippen LogP contribution in [0.25, 0.3) is 10.9 Å². The lowest BCUT2D eigenvalue weighted by molar-refractivity contribution is 0.208. The van der Waals surface area contributed by atoms with Crippen molar-refractivity contribution in [2.45, 2.75) is 52.1 Å². The lowest BCUT2D eigenvalue weighted by Crippen LogP contribution is -2.13. The Hall–Kier alpha value is -2.08. The third kappa shape index (κ3) is 3.95. The van der Waals surface area contributed by atoms with Gasteiger partial charge in [0.1, 0.15) is 17.4 Å². The fourth-order valence-corrected chi connectivity index (χ4v) is 2.44. The Balaban J connectivity index is 2.15. The normalized spacial score (nSPS) is 12.0. The molecule has 0 aliphatic carbocycles. The lowest BCUT2D eigenvalue weighted by Gasteiger charge is -2.17. The summed E-state index contributed by atoms with van der Waals surface area (Å²) < 4.78 is 6.07. The molecule has 0 N–H and O–H groups in total. The molecule has 3 nitrogen and oxygen atoms in total. The third-order valence-corrected chi connectivity index (χ3v) is 3.63. The molecule has 2 rings (SSSR count). The first-order valence-electron chi connectivity index (χ1n) is 7.70. The van der Waals surface area contributed by atoms with Gasteiger partial charge >= 0.3 is 0 Å². The summed E-state index contributed by atoms with van der Waals surface area (Å²) in [6.45, 7) is 4.28. The molecule has 0 saturated heterocycles. The number of hydrogen-bond donors (Lipinski definition) is 0. The van der Waals surface area contributed by atoms with E-state index in [1.54, 1.807) is 6.20 Å². The largest absolute Gasteiger partial charge is 0.489 e. The van der Waals surface area contributed by atoms with Crippen molar-refractivity contribution in [2.75, 3.05) is 0 Å². The summed E-state index contributed by atoms with van der Waals surface area (Å²) in [5.74, 6) is 0.672. The molecule has 0 fully saturated rings. The minimum atomic E-state index is 0.111. The van der Waals surface area contributed by atoms with Crippen LogP contribution in [-0.4, -0.2) is 11.1 Å². The van der Waals surface area contributed by atoms with Gasteiger partial charge in [-0.15, -0.1) is 0 Å². The van der Waals surface area contributed by atoms with Crippen molar-refractivity contribution in [2.24, 2.45) is 0 Å². The average molecular weight is 282 g/mol. The summed E-state index contributed by atoms with van der Waals surface area (Å²) in [4.78, 5) is 4.30. The molecule has 1 unspecified atom stereocenters. The van der Waals surface area contributed by atoms with E-state index in [4.69, 9.17) is 4.74 Å². The number of rotatable bonds is 7. The second-order valence-corrected chi connectivity index (χ2v) is 5.41. The number of nitrogens with zero attached hydrogens (tertiary/aromatic N) is 2. The van der Waals surface area contributed by atoms with E-state index in [2.05, 4.69) is 24.9 Å². The van der Waals surface area contributed by atoms with E-state index in [-0.39, 0.29) is 6.10 Å². The van der Waals surface area contributed by atoms with Crippen molar-refractivity contribution in [3.05, 3.63) is 36.0 Å². The van der Waals surface area contributed by atoms with Gasteiger partial charge in [0, 0.05) is 11.6 Å². The van der Waals surface area contributed by atoms with Crippen LogP contribution >= 0.6 is 0 Å². The quantitative estimate of drug-likeness (QED) is 0.682. The minimum Gasteiger partial charge on any atom is -0.489 e. The van der Waals surface area contributed by atoms with Gasteiger partial charge in [-0.05, 0) is 31.9 Å². The molecule has 0 saturated carbocycles. The van der Waals surface area contributed by atoms with Gasteiger partial charge in [0.2, 0.25) is 0 Å². The summed E-state index contributed by atoms with van der Waals surface area (Å²) in [6.07, 6.45) is 7.65. The predicted octanol–water partition coefficient (Wildman–Crippen LogP) is 4.84. The highest BCUT2D eigenvalue weighted by Crippen LogP contribution is 2.29. The van der Waals surface area contributed by atoms with Crippen LogP contribution < -0.4 is 4.74 Å². The maximum absolute atomic E-state index is 9.27. The van der Waals surface area contributed by atoms with Crippen LogP contribution in [0.3, 0.4) is 0 Å². The van der Waals surface area contributed by atoms with Crippen LogP contribution in [0.5, 0.6) is 5.75 Å². The zero-order chi connectivity index (χ0) is 15.1. The highest BCUT2D eigenvalue weighted by molar-refractivity contribution is 5.87. The number of pyridine rings is 1. The van der Waals surface area contributed by atoms with E-state index in [1.165, 1.54) is 25.7 Å². The van der Waals surface area contributed by atoms with Gasteiger partial charge in [-0.1, -0.05) is 38.3 Å². The molecule has 0 radical (unpaired) electrons. The second kappa shape index (κ2) is 7.64. The fraction of sp³-hybridized carbons (Fsp3) is 0.444. The molecular weight excluding hydrogens is 260 g/mol. The Morgan fingerprint density at radius 1 is 1.24 bits per heavy atom. The first-order chi connectivity index (χ1) is 10.3. The van der Waals surface area contributed by atoms with Crippen LogP contribution in [0.1, 0.15) is 51.5 Å². The van der Waals surface area contributed by atoms with Crippen molar-refractivity contribution in [3.8, 4) is 11.8 Å². The number of nitriles is 1. The molecule has 0 spiro atoms. The van der Waals surface area contributed by atoms with Crippen molar-refractivity contribution in [1.29, 1.82) is 5.26 Å². The summed E-state index contributed by atoms with van der Waals surface area (Å²) in [5, 5.41) is 10.2. The minimum absolute atomic E-state index is 0.111. The van der Waals surface area contributed by atoms with Gasteiger partial charge < -0.3 is 4.74 Å². The zero-order valence-corrected chi connectivity index (χ0v) is 12.8. The highest BCUT2D eigenvalue weighted by atomic mass is 16.5. The van der Waals surface area contributed by atoms with Crippen molar-refractivity contribution in [1.82, 2.24) is 4.98 Å². The van der Waals surface area contributed by atoms with Gasteiger partial charge in [-0.3, -0.25) is 4.98 Å². The molecule has 21 heavy (non-hydrogen) atoms. The standard InChI is InChI=1S/C18H22N2O/c1-3-4-5-6-9-14(2)21-18-15(12-19)13-20-17-11-8-7-10-16(17)18/h7-8,10-11,13-14H,3-6,9H2,1-2H3. The molecule has 1 heterocycles. The van der Waals surface area contributed by atoms with Crippen molar-refractivity contribution < 1.29 is 4.74 Å². The molecular formula is C18H22N2O. The van der Waals surface area contributed by atoms with E-state index in [0.717, 1.165) is 17.3 Å². The Bertz CT molecular complexity index is 631. The summed E-state index contributed by atoms with van der Waals surface area (Å²) in [5.41, 5.74) is 1.37. The summed E-state index contributed by atoms with van der Waals surface area (Å²) >= 11 is 0. The van der Waals surface area contributed by atoms with Crippen LogP contribution in [0.4, 0.5) is 0 Å². The molecule has 0 aliphatic heterocycles. The maximum atomic E-state index is 9.27. The molecule has 0 amide bonds. The van der Waals surface area contributed by atoms with Crippen molar-refractivity contribution in [3.63, 3.8) is 0 Å². The van der Waals surface area contributed by atoms with E-state index in [9.17, 15) is 5.26 Å². The number of ether oxygens (including phenoxy) is 1. The number of fused-ring (bicyclic) bond motifs is 1. The number of benzene rings is 1. The third-order valence-electron chi connectivity index (χ3n) is 3.63. The SMILES string of the molecule is CCCCCCC(C)Oc1c(C#N)cnc2ccccc12. The molecule has 3 heteroatoms. The van der Waals surface area contributed by atoms with E-state index >= 15 is 0 Å². The lowest BCUT2D eigenvalue weighted by atomic mass is 10.1. The molecule has 2 aromatic rings. The van der Waals surface area contributed by atoms with E-state index in [1.807, 2.05) is 24.3 Å². The Morgan fingerprint density at radius 2 is 2.05 bits per heavy atom. The Morgan fingerprint density at radius 3 is 2.81 bits per heavy atom. The van der Waals surface area contributed by atoms with Crippen LogP contribution in [0.15, 0.2) is 30.5 Å². The molecule has 0 aliphatic rings. The summed E-state index contributed by atoms with van der Waals surface area (Å²) in [7, 11) is 0. The predicted molar refractivity (Wildman–Crippen MR) is 85.3 cm³/mol. The number of aromatic nitrogens is 1. The van der Waals surface area contributed by atoms with Gasteiger partial charge in [-0.25, -0.2) is 0 Å². The van der Waals surface area contributed by atoms with Crippen LogP contribution in [0.2, 0.25) is 0 Å². The molecule has 1 aromatic heterocycles. The first-order valence-corrected chi connectivity index (χ1v) is 7.70. The number of unbranched alkanes of at least 4 members (excludes halogenated alkanes) is 3. The average Bonchev–Trinajstić information content (AvgIpc) is 2.52. The molecule has 0 bridgehead atoms. The molecule has 1 atom stereocenters. The fourth-order valence-electron chi connectivity index (χ4n) is 2.44. The maximum Gasteiger partial charge on any atom is 0.148 e. The number of hydrogen-bond acceptors (Lipinski definition) is 3.